The SMILES string of the molecule is CC(C)N1C(=O)CN(Cc2ccc(-c3ccc(CC(=O)O)cc3)cn2)C1=O. The topological polar surface area (TPSA) is 90.8 Å². The van der Waals surface area contributed by atoms with Crippen LogP contribution in [0.15, 0.2) is 42.6 Å². The van der Waals surface area contributed by atoms with Gasteiger partial charge in [0, 0.05) is 17.8 Å². The monoisotopic (exact) mass is 367 g/mol. The fourth-order valence-corrected chi connectivity index (χ4v) is 3.07. The fraction of sp³-hybridized carbons (Fsp3) is 0.300. The first kappa shape index (κ1) is 18.6. The standard InChI is InChI=1S/C20H21N3O4/c1-13(2)23-18(24)12-22(20(23)27)11-17-8-7-16(10-21-17)15-5-3-14(4-6-15)9-19(25)26/h3-8,10,13H,9,11-12H2,1-2H3,(H,25,26). The summed E-state index contributed by atoms with van der Waals surface area (Å²) in [5.41, 5.74) is 3.27. The molecule has 0 saturated carbocycles. The van der Waals surface area contributed by atoms with Crippen molar-refractivity contribution in [2.45, 2.75) is 32.9 Å². The molecule has 1 aliphatic rings. The quantitative estimate of drug-likeness (QED) is 0.793. The molecule has 2 heterocycles. The molecule has 0 unspecified atom stereocenters. The molecule has 140 valence electrons. The Labute approximate surface area is 157 Å². The van der Waals surface area contributed by atoms with Crippen LogP contribution in [0.3, 0.4) is 0 Å². The molecule has 1 saturated heterocycles. The van der Waals surface area contributed by atoms with Crippen molar-refractivity contribution in [3.05, 3.63) is 53.9 Å². The van der Waals surface area contributed by atoms with Gasteiger partial charge < -0.3 is 10.0 Å². The summed E-state index contributed by atoms with van der Waals surface area (Å²) in [5.74, 6) is -1.05. The van der Waals surface area contributed by atoms with E-state index in [1.54, 1.807) is 18.3 Å². The molecule has 2 aromatic rings. The van der Waals surface area contributed by atoms with E-state index in [2.05, 4.69) is 4.98 Å². The maximum atomic E-state index is 12.3. The van der Waals surface area contributed by atoms with E-state index in [0.717, 1.165) is 16.7 Å². The van der Waals surface area contributed by atoms with Crippen molar-refractivity contribution in [1.29, 1.82) is 0 Å². The lowest BCUT2D eigenvalue weighted by molar-refractivity contribution is -0.136. The van der Waals surface area contributed by atoms with Gasteiger partial charge in [0.1, 0.15) is 6.54 Å². The summed E-state index contributed by atoms with van der Waals surface area (Å²) < 4.78 is 0. The van der Waals surface area contributed by atoms with Crippen LogP contribution in [0.2, 0.25) is 0 Å². The lowest BCUT2D eigenvalue weighted by Crippen LogP contribution is -2.38. The van der Waals surface area contributed by atoms with Gasteiger partial charge >= 0.3 is 12.0 Å². The highest BCUT2D eigenvalue weighted by atomic mass is 16.4. The highest BCUT2D eigenvalue weighted by Gasteiger charge is 2.37. The number of carboxylic acids is 1. The number of hydrogen-bond acceptors (Lipinski definition) is 4. The van der Waals surface area contributed by atoms with Crippen molar-refractivity contribution in [3.63, 3.8) is 0 Å². The lowest BCUT2D eigenvalue weighted by Gasteiger charge is -2.19. The Hall–Kier alpha value is -3.22. The molecule has 1 fully saturated rings. The number of carboxylic acid groups (broad SMARTS) is 1. The Morgan fingerprint density at radius 2 is 1.78 bits per heavy atom. The van der Waals surface area contributed by atoms with Gasteiger partial charge in [-0.25, -0.2) is 4.79 Å². The zero-order chi connectivity index (χ0) is 19.6. The maximum Gasteiger partial charge on any atom is 0.327 e. The number of hydrogen-bond donors (Lipinski definition) is 1. The number of aromatic nitrogens is 1. The van der Waals surface area contributed by atoms with Crippen LogP contribution in [0.1, 0.15) is 25.1 Å². The Morgan fingerprint density at radius 1 is 1.11 bits per heavy atom. The van der Waals surface area contributed by atoms with Crippen LogP contribution in [0, 0.1) is 0 Å². The van der Waals surface area contributed by atoms with E-state index in [1.165, 1.54) is 9.80 Å². The fourth-order valence-electron chi connectivity index (χ4n) is 3.07. The van der Waals surface area contributed by atoms with Crippen LogP contribution >= 0.6 is 0 Å². The summed E-state index contributed by atoms with van der Waals surface area (Å²) in [5, 5.41) is 8.82. The molecule has 0 atom stereocenters. The number of rotatable bonds is 6. The predicted octanol–water partition coefficient (Wildman–Crippen LogP) is 2.55. The predicted molar refractivity (Wildman–Crippen MR) is 98.8 cm³/mol. The smallest absolute Gasteiger partial charge is 0.327 e. The summed E-state index contributed by atoms with van der Waals surface area (Å²) in [6.45, 7) is 3.99. The molecule has 1 N–H and O–H groups in total. The Balaban J connectivity index is 1.68. The van der Waals surface area contributed by atoms with Gasteiger partial charge in [-0.05, 0) is 31.0 Å². The Kier molecular flexibility index (Phi) is 5.21. The molecule has 27 heavy (non-hydrogen) atoms. The zero-order valence-corrected chi connectivity index (χ0v) is 15.3. The highest BCUT2D eigenvalue weighted by Crippen LogP contribution is 2.21. The van der Waals surface area contributed by atoms with Crippen LogP contribution in [0.25, 0.3) is 11.1 Å². The van der Waals surface area contributed by atoms with Crippen molar-refractivity contribution < 1.29 is 19.5 Å². The third-order valence-corrected chi connectivity index (χ3v) is 4.41. The number of carbonyl (C=O) groups excluding carboxylic acids is 2. The molecule has 1 aromatic carbocycles. The summed E-state index contributed by atoms with van der Waals surface area (Å²) in [4.78, 5) is 42.2. The number of aliphatic carboxylic acids is 1. The molecule has 0 spiro atoms. The molecule has 1 aliphatic heterocycles. The van der Waals surface area contributed by atoms with Crippen LogP contribution in [-0.2, 0) is 22.6 Å². The van der Waals surface area contributed by atoms with Crippen molar-refractivity contribution in [2.75, 3.05) is 6.54 Å². The van der Waals surface area contributed by atoms with Crippen molar-refractivity contribution in [2.24, 2.45) is 0 Å². The zero-order valence-electron chi connectivity index (χ0n) is 15.3. The van der Waals surface area contributed by atoms with Crippen LogP contribution in [0.5, 0.6) is 0 Å². The summed E-state index contributed by atoms with van der Waals surface area (Å²) >= 11 is 0. The van der Waals surface area contributed by atoms with E-state index in [4.69, 9.17) is 5.11 Å². The van der Waals surface area contributed by atoms with Gasteiger partial charge in [-0.2, -0.15) is 0 Å². The average Bonchev–Trinajstić information content (AvgIpc) is 2.89. The van der Waals surface area contributed by atoms with Crippen molar-refractivity contribution >= 4 is 17.9 Å². The highest BCUT2D eigenvalue weighted by molar-refractivity contribution is 6.02. The molecule has 1 aromatic heterocycles. The molecule has 7 nitrogen and oxygen atoms in total. The minimum absolute atomic E-state index is 0.00650. The van der Waals surface area contributed by atoms with Gasteiger partial charge in [0.15, 0.2) is 0 Å². The van der Waals surface area contributed by atoms with E-state index in [-0.39, 0.29) is 37.5 Å². The van der Waals surface area contributed by atoms with E-state index in [1.807, 2.05) is 38.1 Å². The van der Waals surface area contributed by atoms with Crippen LogP contribution < -0.4 is 0 Å². The van der Waals surface area contributed by atoms with Crippen LogP contribution in [-0.4, -0.2) is 50.4 Å². The summed E-state index contributed by atoms with van der Waals surface area (Å²) in [6.07, 6.45) is 1.71. The number of urea groups is 1. The molecular formula is C20H21N3O4. The van der Waals surface area contributed by atoms with Gasteiger partial charge in [-0.15, -0.1) is 0 Å². The molecular weight excluding hydrogens is 346 g/mol. The maximum absolute atomic E-state index is 12.3. The molecule has 3 amide bonds. The van der Waals surface area contributed by atoms with E-state index in [0.29, 0.717) is 5.69 Å². The molecule has 0 radical (unpaired) electrons. The number of imide groups is 1. The second-order valence-corrected chi connectivity index (χ2v) is 6.80. The molecule has 7 heteroatoms. The Bertz CT molecular complexity index is 860. The van der Waals surface area contributed by atoms with Gasteiger partial charge in [-0.1, -0.05) is 30.3 Å². The lowest BCUT2D eigenvalue weighted by atomic mass is 10.0. The molecule has 0 bridgehead atoms. The third kappa shape index (κ3) is 4.13. The van der Waals surface area contributed by atoms with Gasteiger partial charge in [0.05, 0.1) is 18.7 Å². The summed E-state index contributed by atoms with van der Waals surface area (Å²) in [6, 6.07) is 10.6. The van der Waals surface area contributed by atoms with Gasteiger partial charge in [0.2, 0.25) is 0 Å². The Morgan fingerprint density at radius 3 is 2.30 bits per heavy atom. The van der Waals surface area contributed by atoms with Gasteiger partial charge in [0.25, 0.3) is 5.91 Å². The average molecular weight is 367 g/mol. The number of nitrogens with zero attached hydrogens (tertiary/aromatic N) is 3. The minimum atomic E-state index is -0.861. The van der Waals surface area contributed by atoms with Crippen LogP contribution in [0.4, 0.5) is 4.79 Å². The number of pyridine rings is 1. The molecule has 0 aliphatic carbocycles. The second-order valence-electron chi connectivity index (χ2n) is 6.80. The van der Waals surface area contributed by atoms with Crippen molar-refractivity contribution in [3.8, 4) is 11.1 Å². The molecule has 3 rings (SSSR count). The normalized spacial score (nSPS) is 14.3. The minimum Gasteiger partial charge on any atom is -0.481 e. The first-order chi connectivity index (χ1) is 12.8. The number of benzene rings is 1. The van der Waals surface area contributed by atoms with E-state index < -0.39 is 5.97 Å². The van der Waals surface area contributed by atoms with Gasteiger partial charge in [-0.3, -0.25) is 19.5 Å². The second kappa shape index (κ2) is 7.57. The number of carbonyl (C=O) groups is 3. The summed E-state index contributed by atoms with van der Waals surface area (Å²) in [7, 11) is 0. The van der Waals surface area contributed by atoms with E-state index in [9.17, 15) is 14.4 Å². The number of amides is 3. The first-order valence-corrected chi connectivity index (χ1v) is 8.72. The van der Waals surface area contributed by atoms with E-state index >= 15 is 0 Å². The largest absolute Gasteiger partial charge is 0.481 e. The first-order valence-electron chi connectivity index (χ1n) is 8.72. The van der Waals surface area contributed by atoms with Crippen molar-refractivity contribution in [1.82, 2.24) is 14.8 Å². The third-order valence-electron chi connectivity index (χ3n) is 4.41.